The van der Waals surface area contributed by atoms with Crippen molar-refractivity contribution in [3.05, 3.63) is 54.6 Å². The molecule has 0 fully saturated rings. The first kappa shape index (κ1) is 15.8. The molecule has 0 amide bonds. The number of aromatic nitrogens is 2. The van der Waals surface area contributed by atoms with Crippen LogP contribution in [0.4, 0.5) is 0 Å². The summed E-state index contributed by atoms with van der Waals surface area (Å²) >= 11 is 0. The Bertz CT molecular complexity index is 731. The number of para-hydroxylation sites is 1. The van der Waals surface area contributed by atoms with E-state index in [-0.39, 0.29) is 0 Å². The van der Waals surface area contributed by atoms with Crippen LogP contribution in [0.2, 0.25) is 0 Å². The smallest absolute Gasteiger partial charge is 0.100 e. The molecule has 0 unspecified atom stereocenters. The quantitative estimate of drug-likeness (QED) is 0.622. The second kappa shape index (κ2) is 7.93. The molecule has 3 heteroatoms. The first-order valence-electron chi connectivity index (χ1n) is 8.62. The monoisotopic (exact) mass is 307 g/mol. The number of fused-ring (bicyclic) bond motifs is 1. The minimum Gasteiger partial charge on any atom is -0.317 e. The second-order valence-electron chi connectivity index (χ2n) is 5.91. The molecule has 0 radical (unpaired) electrons. The molecule has 0 saturated carbocycles. The number of hydrogen-bond donors (Lipinski definition) is 1. The lowest BCUT2D eigenvalue weighted by Gasteiger charge is -2.05. The maximum absolute atomic E-state index is 4.88. The highest BCUT2D eigenvalue weighted by Crippen LogP contribution is 2.27. The normalized spacial score (nSPS) is 11.2. The van der Waals surface area contributed by atoms with Crippen LogP contribution >= 0.6 is 0 Å². The number of benzene rings is 2. The fourth-order valence-corrected chi connectivity index (χ4v) is 2.89. The van der Waals surface area contributed by atoms with Crippen LogP contribution in [0.15, 0.2) is 54.6 Å². The molecule has 1 heterocycles. The van der Waals surface area contributed by atoms with Crippen LogP contribution in [-0.4, -0.2) is 22.9 Å². The molecule has 120 valence electrons. The number of hydrogen-bond acceptors (Lipinski definition) is 2. The number of nitrogens with zero attached hydrogens (tertiary/aromatic N) is 2. The van der Waals surface area contributed by atoms with Gasteiger partial charge in [0, 0.05) is 17.5 Å². The Morgan fingerprint density at radius 2 is 1.65 bits per heavy atom. The number of unbranched alkanes of at least 4 members (excludes halogenated alkanes) is 1. The van der Waals surface area contributed by atoms with Gasteiger partial charge in [-0.1, -0.05) is 61.9 Å². The Balaban J connectivity index is 1.76. The standard InChI is InChI=1S/C20H25N3/c1-2-3-14-21-15-9-16-23-19-13-8-7-12-18(19)20(22-23)17-10-5-4-6-11-17/h4-8,10-13,21H,2-3,9,14-16H2,1H3. The average Bonchev–Trinajstić information content (AvgIpc) is 2.98. The van der Waals surface area contributed by atoms with E-state index < -0.39 is 0 Å². The zero-order valence-corrected chi connectivity index (χ0v) is 13.8. The summed E-state index contributed by atoms with van der Waals surface area (Å²) in [6.45, 7) is 5.34. The molecule has 3 aromatic rings. The van der Waals surface area contributed by atoms with Crippen LogP contribution in [-0.2, 0) is 6.54 Å². The molecule has 0 aliphatic rings. The van der Waals surface area contributed by atoms with E-state index in [1.807, 2.05) is 6.07 Å². The minimum atomic E-state index is 0.951. The summed E-state index contributed by atoms with van der Waals surface area (Å²) < 4.78 is 2.15. The third-order valence-electron chi connectivity index (χ3n) is 4.14. The molecule has 0 atom stereocenters. The third-order valence-corrected chi connectivity index (χ3v) is 4.14. The Labute approximate surface area is 138 Å². The van der Waals surface area contributed by atoms with Crippen molar-refractivity contribution < 1.29 is 0 Å². The lowest BCUT2D eigenvalue weighted by Crippen LogP contribution is -2.18. The van der Waals surface area contributed by atoms with E-state index in [4.69, 9.17) is 5.10 Å². The fourth-order valence-electron chi connectivity index (χ4n) is 2.89. The number of nitrogens with one attached hydrogen (secondary N) is 1. The molecule has 0 saturated heterocycles. The Morgan fingerprint density at radius 1 is 0.913 bits per heavy atom. The molecule has 1 aromatic heterocycles. The summed E-state index contributed by atoms with van der Waals surface area (Å²) in [5, 5.41) is 9.62. The molecular formula is C20H25N3. The zero-order valence-electron chi connectivity index (χ0n) is 13.8. The molecular weight excluding hydrogens is 282 g/mol. The van der Waals surface area contributed by atoms with Crippen molar-refractivity contribution in [1.29, 1.82) is 0 Å². The van der Waals surface area contributed by atoms with Gasteiger partial charge in [0.2, 0.25) is 0 Å². The van der Waals surface area contributed by atoms with Gasteiger partial charge in [0.15, 0.2) is 0 Å². The lowest BCUT2D eigenvalue weighted by atomic mass is 10.1. The van der Waals surface area contributed by atoms with E-state index in [1.165, 1.54) is 29.3 Å². The van der Waals surface area contributed by atoms with Crippen LogP contribution in [0.5, 0.6) is 0 Å². The van der Waals surface area contributed by atoms with E-state index in [0.29, 0.717) is 0 Å². The van der Waals surface area contributed by atoms with Gasteiger partial charge < -0.3 is 5.32 Å². The van der Waals surface area contributed by atoms with Gasteiger partial charge in [-0.3, -0.25) is 4.68 Å². The van der Waals surface area contributed by atoms with E-state index in [1.54, 1.807) is 0 Å². The van der Waals surface area contributed by atoms with Crippen LogP contribution in [0.25, 0.3) is 22.2 Å². The Morgan fingerprint density at radius 3 is 2.48 bits per heavy atom. The topological polar surface area (TPSA) is 29.9 Å². The van der Waals surface area contributed by atoms with Gasteiger partial charge in [0.05, 0.1) is 5.52 Å². The molecule has 3 rings (SSSR count). The third kappa shape index (κ3) is 3.80. The first-order valence-corrected chi connectivity index (χ1v) is 8.62. The lowest BCUT2D eigenvalue weighted by molar-refractivity contribution is 0.548. The molecule has 3 nitrogen and oxygen atoms in total. The average molecular weight is 307 g/mol. The first-order chi connectivity index (χ1) is 11.4. The number of rotatable bonds is 8. The fraction of sp³-hybridized carbons (Fsp3) is 0.350. The molecule has 0 bridgehead atoms. The van der Waals surface area contributed by atoms with Gasteiger partial charge in [-0.25, -0.2) is 0 Å². The van der Waals surface area contributed by atoms with Gasteiger partial charge in [-0.2, -0.15) is 5.10 Å². The summed E-state index contributed by atoms with van der Waals surface area (Å²) in [5.74, 6) is 0. The summed E-state index contributed by atoms with van der Waals surface area (Å²) in [6.07, 6.45) is 3.60. The highest BCUT2D eigenvalue weighted by molar-refractivity contribution is 5.93. The second-order valence-corrected chi connectivity index (χ2v) is 5.91. The Kier molecular flexibility index (Phi) is 5.43. The van der Waals surface area contributed by atoms with Crippen LogP contribution in [0, 0.1) is 0 Å². The van der Waals surface area contributed by atoms with Crippen molar-refractivity contribution in [2.45, 2.75) is 32.7 Å². The van der Waals surface area contributed by atoms with Gasteiger partial charge in [-0.05, 0) is 32.0 Å². The van der Waals surface area contributed by atoms with Crippen molar-refractivity contribution in [2.75, 3.05) is 13.1 Å². The molecule has 0 aliphatic carbocycles. The van der Waals surface area contributed by atoms with E-state index in [0.717, 1.165) is 31.7 Å². The summed E-state index contributed by atoms with van der Waals surface area (Å²) in [7, 11) is 0. The summed E-state index contributed by atoms with van der Waals surface area (Å²) in [4.78, 5) is 0. The van der Waals surface area contributed by atoms with Crippen LogP contribution in [0.1, 0.15) is 26.2 Å². The van der Waals surface area contributed by atoms with Crippen molar-refractivity contribution in [3.8, 4) is 11.3 Å². The van der Waals surface area contributed by atoms with Gasteiger partial charge in [0.25, 0.3) is 0 Å². The molecule has 2 aromatic carbocycles. The van der Waals surface area contributed by atoms with Gasteiger partial charge in [0.1, 0.15) is 5.69 Å². The predicted molar refractivity (Wildman–Crippen MR) is 97.6 cm³/mol. The maximum atomic E-state index is 4.88. The highest BCUT2D eigenvalue weighted by atomic mass is 15.3. The van der Waals surface area contributed by atoms with Gasteiger partial charge in [-0.15, -0.1) is 0 Å². The minimum absolute atomic E-state index is 0.951. The molecule has 0 spiro atoms. The van der Waals surface area contributed by atoms with E-state index in [9.17, 15) is 0 Å². The number of aryl methyl sites for hydroxylation is 1. The molecule has 1 N–H and O–H groups in total. The van der Waals surface area contributed by atoms with Crippen molar-refractivity contribution >= 4 is 10.9 Å². The molecule has 0 aliphatic heterocycles. The van der Waals surface area contributed by atoms with Crippen LogP contribution in [0.3, 0.4) is 0 Å². The van der Waals surface area contributed by atoms with Gasteiger partial charge >= 0.3 is 0 Å². The zero-order chi connectivity index (χ0) is 15.9. The van der Waals surface area contributed by atoms with Crippen molar-refractivity contribution in [1.82, 2.24) is 15.1 Å². The van der Waals surface area contributed by atoms with E-state index in [2.05, 4.69) is 65.5 Å². The maximum Gasteiger partial charge on any atom is 0.100 e. The SMILES string of the molecule is CCCCNCCCn1nc(-c2ccccc2)c2ccccc21. The highest BCUT2D eigenvalue weighted by Gasteiger charge is 2.11. The predicted octanol–water partition coefficient (Wildman–Crippen LogP) is 4.48. The van der Waals surface area contributed by atoms with Crippen molar-refractivity contribution in [2.24, 2.45) is 0 Å². The summed E-state index contributed by atoms with van der Waals surface area (Å²) in [5.41, 5.74) is 3.49. The molecule has 23 heavy (non-hydrogen) atoms. The largest absolute Gasteiger partial charge is 0.317 e. The Hall–Kier alpha value is -2.13. The summed E-state index contributed by atoms with van der Waals surface area (Å²) in [6, 6.07) is 19.0. The van der Waals surface area contributed by atoms with Crippen LogP contribution < -0.4 is 5.32 Å². The van der Waals surface area contributed by atoms with Crippen molar-refractivity contribution in [3.63, 3.8) is 0 Å². The van der Waals surface area contributed by atoms with E-state index >= 15 is 0 Å².